The summed E-state index contributed by atoms with van der Waals surface area (Å²) in [5.74, 6) is 5.34. The standard InChI is InChI=1S/C24H31N5O3S/c1-5-32-17(2)15-19(30)12-14-26-23-21(22-7-6-13-25-22)16-27-24(29-23)28-18-8-10-20(11-9-18)33(3,4)31/h6-11,13,16,19,25,30H,2-3,5,12,14-15H2,1,4H3,(H2,26,27,28,29). The van der Waals surface area contributed by atoms with Gasteiger partial charge < -0.3 is 25.5 Å². The Balaban J connectivity index is 1.72. The number of hydrogen-bond acceptors (Lipinski definition) is 7. The summed E-state index contributed by atoms with van der Waals surface area (Å²) in [7, 11) is -2.26. The molecule has 0 saturated heterocycles. The van der Waals surface area contributed by atoms with Crippen molar-refractivity contribution in [1.29, 1.82) is 0 Å². The van der Waals surface area contributed by atoms with Crippen LogP contribution in [0.5, 0.6) is 0 Å². The molecular weight excluding hydrogens is 438 g/mol. The number of aromatic nitrogens is 3. The maximum absolute atomic E-state index is 12.1. The van der Waals surface area contributed by atoms with Crippen LogP contribution in [0.15, 0.2) is 66.0 Å². The number of aliphatic hydroxyl groups excluding tert-OH is 1. The fourth-order valence-electron chi connectivity index (χ4n) is 3.21. The van der Waals surface area contributed by atoms with Crippen LogP contribution in [0.3, 0.4) is 0 Å². The Morgan fingerprint density at radius 3 is 2.70 bits per heavy atom. The van der Waals surface area contributed by atoms with E-state index in [0.717, 1.165) is 16.9 Å². The number of nitrogens with zero attached hydrogens (tertiary/aromatic N) is 2. The molecule has 33 heavy (non-hydrogen) atoms. The van der Waals surface area contributed by atoms with Crippen molar-refractivity contribution in [2.45, 2.75) is 30.8 Å². The number of anilines is 3. The van der Waals surface area contributed by atoms with Gasteiger partial charge in [-0.25, -0.2) is 4.98 Å². The van der Waals surface area contributed by atoms with E-state index in [1.165, 1.54) is 0 Å². The molecule has 2 heterocycles. The van der Waals surface area contributed by atoms with E-state index in [4.69, 9.17) is 4.74 Å². The van der Waals surface area contributed by atoms with Gasteiger partial charge in [-0.3, -0.25) is 4.21 Å². The highest BCUT2D eigenvalue weighted by molar-refractivity contribution is 7.99. The van der Waals surface area contributed by atoms with Crippen molar-refractivity contribution in [2.75, 3.05) is 30.0 Å². The van der Waals surface area contributed by atoms with E-state index in [0.29, 0.717) is 48.4 Å². The Morgan fingerprint density at radius 1 is 1.30 bits per heavy atom. The van der Waals surface area contributed by atoms with Gasteiger partial charge in [0.2, 0.25) is 5.95 Å². The summed E-state index contributed by atoms with van der Waals surface area (Å²) in [4.78, 5) is 12.9. The molecule has 0 amide bonds. The SMILES string of the molecule is C=C(CC(O)CCNc1nc(Nc2ccc(S(=C)(C)=O)cc2)ncc1-c1ccc[nH]1)OCC. The molecular formula is C24H31N5O3S. The van der Waals surface area contributed by atoms with E-state index in [1.54, 1.807) is 24.6 Å². The van der Waals surface area contributed by atoms with Crippen LogP contribution < -0.4 is 10.6 Å². The molecule has 2 unspecified atom stereocenters. The highest BCUT2D eigenvalue weighted by Gasteiger charge is 2.12. The van der Waals surface area contributed by atoms with Gasteiger partial charge in [-0.15, -0.1) is 0 Å². The molecule has 3 aromatic rings. The molecule has 1 aromatic carbocycles. The second-order valence-electron chi connectivity index (χ2n) is 7.74. The van der Waals surface area contributed by atoms with E-state index in [9.17, 15) is 9.32 Å². The average Bonchev–Trinajstić information content (AvgIpc) is 3.28. The summed E-state index contributed by atoms with van der Waals surface area (Å²) in [6, 6.07) is 11.0. The lowest BCUT2D eigenvalue weighted by molar-refractivity contribution is 0.131. The molecule has 9 heteroatoms. The molecule has 8 nitrogen and oxygen atoms in total. The number of rotatable bonds is 12. The van der Waals surface area contributed by atoms with Crippen LogP contribution in [-0.2, 0) is 14.3 Å². The van der Waals surface area contributed by atoms with Gasteiger partial charge in [0, 0.05) is 42.2 Å². The Hall–Kier alpha value is -3.30. The predicted octanol–water partition coefficient (Wildman–Crippen LogP) is 4.02. The maximum atomic E-state index is 12.1. The van der Waals surface area contributed by atoms with Crippen LogP contribution >= 0.6 is 0 Å². The van der Waals surface area contributed by atoms with Crippen molar-refractivity contribution < 1.29 is 14.1 Å². The van der Waals surface area contributed by atoms with Crippen LogP contribution in [0.4, 0.5) is 17.5 Å². The van der Waals surface area contributed by atoms with Crippen LogP contribution in [0, 0.1) is 0 Å². The van der Waals surface area contributed by atoms with Crippen LogP contribution in [0.25, 0.3) is 11.3 Å². The van der Waals surface area contributed by atoms with Gasteiger partial charge in [0.1, 0.15) is 5.82 Å². The first-order valence-corrected chi connectivity index (χ1v) is 12.8. The Labute approximate surface area is 195 Å². The minimum Gasteiger partial charge on any atom is -0.499 e. The topological polar surface area (TPSA) is 112 Å². The summed E-state index contributed by atoms with van der Waals surface area (Å²) in [6.45, 7) is 6.75. The van der Waals surface area contributed by atoms with Crippen molar-refractivity contribution in [1.82, 2.24) is 15.0 Å². The second-order valence-corrected chi connectivity index (χ2v) is 10.2. The number of hydrogen-bond donors (Lipinski definition) is 4. The highest BCUT2D eigenvalue weighted by Crippen LogP contribution is 2.26. The molecule has 0 aliphatic rings. The number of aromatic amines is 1. The molecule has 2 atom stereocenters. The summed E-state index contributed by atoms with van der Waals surface area (Å²) < 4.78 is 17.4. The predicted molar refractivity (Wildman–Crippen MR) is 135 cm³/mol. The molecule has 0 fully saturated rings. The van der Waals surface area contributed by atoms with Crippen molar-refractivity contribution >= 4 is 32.8 Å². The zero-order chi connectivity index (χ0) is 23.8. The van der Waals surface area contributed by atoms with Gasteiger partial charge in [0.15, 0.2) is 0 Å². The minimum absolute atomic E-state index is 0.392. The van der Waals surface area contributed by atoms with Crippen LogP contribution in [0.1, 0.15) is 19.8 Å². The van der Waals surface area contributed by atoms with E-state index in [2.05, 4.69) is 38.0 Å². The smallest absolute Gasteiger partial charge is 0.229 e. The average molecular weight is 470 g/mol. The molecule has 176 valence electrons. The quantitative estimate of drug-likeness (QED) is 0.234. The first kappa shape index (κ1) is 24.3. The van der Waals surface area contributed by atoms with Crippen molar-refractivity contribution in [3.05, 3.63) is 61.1 Å². The Bertz CT molecular complexity index is 1160. The minimum atomic E-state index is -2.26. The van der Waals surface area contributed by atoms with Gasteiger partial charge in [0.05, 0.1) is 29.7 Å². The molecule has 3 rings (SSSR count). The third-order valence-electron chi connectivity index (χ3n) is 4.87. The first-order valence-electron chi connectivity index (χ1n) is 10.7. The van der Waals surface area contributed by atoms with E-state index < -0.39 is 15.6 Å². The fraction of sp³-hybridized carbons (Fsp3) is 0.292. The second kappa shape index (κ2) is 11.0. The lowest BCUT2D eigenvalue weighted by Crippen LogP contribution is -2.16. The van der Waals surface area contributed by atoms with Crippen LogP contribution in [0.2, 0.25) is 0 Å². The van der Waals surface area contributed by atoms with Crippen molar-refractivity contribution in [3.8, 4) is 11.3 Å². The van der Waals surface area contributed by atoms with Gasteiger partial charge in [-0.1, -0.05) is 6.58 Å². The largest absolute Gasteiger partial charge is 0.499 e. The molecule has 0 aliphatic carbocycles. The zero-order valence-corrected chi connectivity index (χ0v) is 19.8. The van der Waals surface area contributed by atoms with Crippen LogP contribution in [-0.4, -0.2) is 55.6 Å². The van der Waals surface area contributed by atoms with Gasteiger partial charge >= 0.3 is 0 Å². The lowest BCUT2D eigenvalue weighted by atomic mass is 10.1. The van der Waals surface area contributed by atoms with E-state index in [-0.39, 0.29) is 0 Å². The molecule has 0 saturated carbocycles. The molecule has 0 aliphatic heterocycles. The molecule has 4 N–H and O–H groups in total. The van der Waals surface area contributed by atoms with Gasteiger partial charge in [0.25, 0.3) is 0 Å². The zero-order valence-electron chi connectivity index (χ0n) is 19.0. The monoisotopic (exact) mass is 469 g/mol. The van der Waals surface area contributed by atoms with Gasteiger partial charge in [-0.2, -0.15) is 4.98 Å². The fourth-order valence-corrected chi connectivity index (χ4v) is 3.92. The number of benzene rings is 1. The third-order valence-corrected chi connectivity index (χ3v) is 6.14. The molecule has 0 bridgehead atoms. The van der Waals surface area contributed by atoms with Gasteiger partial charge in [-0.05, 0) is 65.1 Å². The Morgan fingerprint density at radius 2 is 2.06 bits per heavy atom. The summed E-state index contributed by atoms with van der Waals surface area (Å²) >= 11 is 0. The maximum Gasteiger partial charge on any atom is 0.229 e. The van der Waals surface area contributed by atoms with E-state index >= 15 is 0 Å². The van der Waals surface area contributed by atoms with Crippen molar-refractivity contribution in [3.63, 3.8) is 0 Å². The number of H-pyrrole nitrogens is 1. The lowest BCUT2D eigenvalue weighted by Gasteiger charge is -2.15. The molecule has 0 radical (unpaired) electrons. The van der Waals surface area contributed by atoms with Crippen molar-refractivity contribution in [2.24, 2.45) is 0 Å². The number of ether oxygens (including phenoxy) is 1. The summed E-state index contributed by atoms with van der Waals surface area (Å²) in [5, 5.41) is 16.7. The Kier molecular flexibility index (Phi) is 8.13. The van der Waals surface area contributed by atoms with E-state index in [1.807, 2.05) is 37.4 Å². The number of aliphatic hydroxyl groups is 1. The molecule has 0 spiro atoms. The third kappa shape index (κ3) is 7.10. The normalized spacial score (nSPS) is 13.7. The first-order chi connectivity index (χ1) is 15.8. The highest BCUT2D eigenvalue weighted by atomic mass is 32.2. The molecule has 2 aromatic heterocycles. The number of nitrogens with one attached hydrogen (secondary N) is 3. The summed E-state index contributed by atoms with van der Waals surface area (Å²) in [6.07, 6.45) is 5.52. The summed E-state index contributed by atoms with van der Waals surface area (Å²) in [5.41, 5.74) is 2.47.